The number of hydrogen-bond donors (Lipinski definition) is 0. The highest BCUT2D eigenvalue weighted by Gasteiger charge is 2.34. The standard InChI is InChI=1S/C25H28F3N3O2/c1-5-6-21-20(25(26,27)28)16-29-22(30-21)15-17-7-9-18(10-8-17)19-11-13-31(14-12-19)23(32)33-24(2,3)4/h7-10,16,19H,11-15H2,1-4H3. The number of halogens is 3. The van der Waals surface area contributed by atoms with Crippen molar-refractivity contribution in [2.24, 2.45) is 0 Å². The third-order valence-electron chi connectivity index (χ3n) is 5.35. The third kappa shape index (κ3) is 6.70. The number of rotatable bonds is 3. The van der Waals surface area contributed by atoms with Crippen molar-refractivity contribution in [2.45, 2.75) is 64.7 Å². The minimum Gasteiger partial charge on any atom is -0.444 e. The van der Waals surface area contributed by atoms with E-state index in [2.05, 4.69) is 21.8 Å². The quantitative estimate of drug-likeness (QED) is 0.563. The molecule has 1 aromatic carbocycles. The zero-order chi connectivity index (χ0) is 24.2. The summed E-state index contributed by atoms with van der Waals surface area (Å²) in [6.07, 6.45) is -2.01. The molecule has 0 unspecified atom stereocenters. The Kier molecular flexibility index (Phi) is 7.31. The van der Waals surface area contributed by atoms with Gasteiger partial charge in [-0.2, -0.15) is 13.2 Å². The number of piperidine rings is 1. The molecular weight excluding hydrogens is 431 g/mol. The third-order valence-corrected chi connectivity index (χ3v) is 5.35. The SMILES string of the molecule is CC#Cc1nc(Cc2ccc(C3CCN(C(=O)OC(C)(C)C)CC3)cc2)ncc1C(F)(F)F. The molecule has 1 aliphatic rings. The van der Waals surface area contributed by atoms with Crippen molar-refractivity contribution in [3.05, 3.63) is 58.7 Å². The summed E-state index contributed by atoms with van der Waals surface area (Å²) in [6, 6.07) is 7.95. The van der Waals surface area contributed by atoms with E-state index < -0.39 is 17.3 Å². The van der Waals surface area contributed by atoms with E-state index in [9.17, 15) is 18.0 Å². The van der Waals surface area contributed by atoms with Crippen molar-refractivity contribution in [3.8, 4) is 11.8 Å². The molecule has 2 heterocycles. The first-order chi connectivity index (χ1) is 15.5. The largest absolute Gasteiger partial charge is 0.444 e. The number of ether oxygens (including phenoxy) is 1. The second-order valence-corrected chi connectivity index (χ2v) is 9.08. The highest BCUT2D eigenvalue weighted by molar-refractivity contribution is 5.68. The van der Waals surface area contributed by atoms with Crippen LogP contribution in [0.4, 0.5) is 18.0 Å². The zero-order valence-electron chi connectivity index (χ0n) is 19.3. The predicted octanol–water partition coefficient (Wildman–Crippen LogP) is 5.57. The summed E-state index contributed by atoms with van der Waals surface area (Å²) in [5.74, 6) is 5.54. The lowest BCUT2D eigenvalue weighted by molar-refractivity contribution is -0.138. The molecule has 0 spiro atoms. The highest BCUT2D eigenvalue weighted by Crippen LogP contribution is 2.31. The van der Waals surface area contributed by atoms with Gasteiger partial charge in [-0.25, -0.2) is 14.8 Å². The minimum atomic E-state index is -4.54. The molecule has 2 aromatic rings. The Morgan fingerprint density at radius 3 is 2.33 bits per heavy atom. The molecule has 0 atom stereocenters. The van der Waals surface area contributed by atoms with Crippen molar-refractivity contribution >= 4 is 6.09 Å². The molecule has 33 heavy (non-hydrogen) atoms. The molecule has 1 aromatic heterocycles. The molecule has 176 valence electrons. The minimum absolute atomic E-state index is 0.278. The summed E-state index contributed by atoms with van der Waals surface area (Å²) in [5, 5.41) is 0. The zero-order valence-corrected chi connectivity index (χ0v) is 19.3. The second-order valence-electron chi connectivity index (χ2n) is 9.08. The summed E-state index contributed by atoms with van der Waals surface area (Å²) in [5.41, 5.74) is 0.343. The summed E-state index contributed by atoms with van der Waals surface area (Å²) in [7, 11) is 0. The van der Waals surface area contributed by atoms with Crippen LogP contribution >= 0.6 is 0 Å². The van der Waals surface area contributed by atoms with Crippen LogP contribution in [0.3, 0.4) is 0 Å². The molecule has 0 N–H and O–H groups in total. The first-order valence-electron chi connectivity index (χ1n) is 10.9. The molecule has 0 saturated carbocycles. The summed E-state index contributed by atoms with van der Waals surface area (Å²) >= 11 is 0. The van der Waals surface area contributed by atoms with Crippen molar-refractivity contribution in [3.63, 3.8) is 0 Å². The number of carbonyl (C=O) groups is 1. The number of carbonyl (C=O) groups excluding carboxylic acids is 1. The van der Waals surface area contributed by atoms with Crippen LogP contribution in [0.25, 0.3) is 0 Å². The van der Waals surface area contributed by atoms with Crippen molar-refractivity contribution in [1.29, 1.82) is 0 Å². The molecule has 8 heteroatoms. The number of benzene rings is 1. The fraction of sp³-hybridized carbons (Fsp3) is 0.480. The monoisotopic (exact) mass is 459 g/mol. The van der Waals surface area contributed by atoms with Gasteiger partial charge in [-0.15, -0.1) is 0 Å². The number of amides is 1. The van der Waals surface area contributed by atoms with Crippen LogP contribution in [-0.4, -0.2) is 39.7 Å². The fourth-order valence-electron chi connectivity index (χ4n) is 3.74. The lowest BCUT2D eigenvalue weighted by atomic mass is 9.89. The van der Waals surface area contributed by atoms with Crippen LogP contribution < -0.4 is 0 Å². The Hall–Kier alpha value is -3.08. The molecule has 1 fully saturated rings. The molecule has 3 rings (SSSR count). The normalized spacial score (nSPS) is 15.1. The van der Waals surface area contributed by atoms with Crippen molar-refractivity contribution in [2.75, 3.05) is 13.1 Å². The first kappa shape index (κ1) is 24.6. The van der Waals surface area contributed by atoms with E-state index in [0.29, 0.717) is 31.3 Å². The van der Waals surface area contributed by atoms with Crippen LogP contribution in [0.1, 0.15) is 74.7 Å². The molecular formula is C25H28F3N3O2. The van der Waals surface area contributed by atoms with E-state index in [0.717, 1.165) is 24.6 Å². The van der Waals surface area contributed by atoms with Gasteiger partial charge in [-0.3, -0.25) is 0 Å². The van der Waals surface area contributed by atoms with Crippen LogP contribution in [-0.2, 0) is 17.3 Å². The Balaban J connectivity index is 1.63. The Bertz CT molecular complexity index is 1040. The van der Waals surface area contributed by atoms with Gasteiger partial charge in [0.2, 0.25) is 0 Å². The van der Waals surface area contributed by atoms with E-state index >= 15 is 0 Å². The molecule has 5 nitrogen and oxygen atoms in total. The topological polar surface area (TPSA) is 55.3 Å². The highest BCUT2D eigenvalue weighted by atomic mass is 19.4. The van der Waals surface area contributed by atoms with E-state index in [4.69, 9.17) is 4.74 Å². The molecule has 1 aliphatic heterocycles. The number of aromatic nitrogens is 2. The average Bonchev–Trinajstić information content (AvgIpc) is 2.73. The van der Waals surface area contributed by atoms with E-state index in [1.165, 1.54) is 12.5 Å². The Morgan fingerprint density at radius 1 is 1.15 bits per heavy atom. The maximum Gasteiger partial charge on any atom is 0.420 e. The molecule has 0 radical (unpaired) electrons. The van der Waals surface area contributed by atoms with Crippen LogP contribution in [0.15, 0.2) is 30.5 Å². The molecule has 0 bridgehead atoms. The maximum atomic E-state index is 13.1. The van der Waals surface area contributed by atoms with Gasteiger partial charge in [0.05, 0.1) is 0 Å². The van der Waals surface area contributed by atoms with Gasteiger partial charge in [-0.05, 0) is 63.5 Å². The molecule has 0 aliphatic carbocycles. The predicted molar refractivity (Wildman–Crippen MR) is 119 cm³/mol. The second kappa shape index (κ2) is 9.82. The van der Waals surface area contributed by atoms with Crippen LogP contribution in [0, 0.1) is 11.8 Å². The van der Waals surface area contributed by atoms with Crippen molar-refractivity contribution in [1.82, 2.24) is 14.9 Å². The Morgan fingerprint density at radius 2 is 1.79 bits per heavy atom. The van der Waals surface area contributed by atoms with Gasteiger partial charge in [0.1, 0.15) is 22.7 Å². The van der Waals surface area contributed by atoms with Crippen LogP contribution in [0.5, 0.6) is 0 Å². The van der Waals surface area contributed by atoms with E-state index in [1.807, 2.05) is 45.0 Å². The van der Waals surface area contributed by atoms with E-state index in [1.54, 1.807) is 4.90 Å². The number of hydrogen-bond acceptors (Lipinski definition) is 4. The lowest BCUT2D eigenvalue weighted by Crippen LogP contribution is -2.41. The maximum absolute atomic E-state index is 13.1. The van der Waals surface area contributed by atoms with Gasteiger partial charge < -0.3 is 9.64 Å². The number of likely N-dealkylation sites (tertiary alicyclic amines) is 1. The summed E-state index contributed by atoms with van der Waals surface area (Å²) < 4.78 is 44.8. The first-order valence-corrected chi connectivity index (χ1v) is 10.9. The lowest BCUT2D eigenvalue weighted by Gasteiger charge is -2.33. The van der Waals surface area contributed by atoms with E-state index in [-0.39, 0.29) is 11.8 Å². The Labute approximate surface area is 192 Å². The van der Waals surface area contributed by atoms with Crippen LogP contribution in [0.2, 0.25) is 0 Å². The molecule has 1 saturated heterocycles. The summed E-state index contributed by atoms with van der Waals surface area (Å²) in [4.78, 5) is 21.9. The average molecular weight is 460 g/mol. The van der Waals surface area contributed by atoms with Crippen molar-refractivity contribution < 1.29 is 22.7 Å². The number of nitrogens with zero attached hydrogens (tertiary/aromatic N) is 3. The molecule has 1 amide bonds. The van der Waals surface area contributed by atoms with Gasteiger partial charge in [0, 0.05) is 25.7 Å². The fourth-order valence-corrected chi connectivity index (χ4v) is 3.74. The smallest absolute Gasteiger partial charge is 0.420 e. The number of alkyl halides is 3. The van der Waals surface area contributed by atoms with Gasteiger partial charge in [0.15, 0.2) is 0 Å². The van der Waals surface area contributed by atoms with Gasteiger partial charge in [-0.1, -0.05) is 30.2 Å². The van der Waals surface area contributed by atoms with Gasteiger partial charge >= 0.3 is 12.3 Å². The summed E-state index contributed by atoms with van der Waals surface area (Å²) in [6.45, 7) is 8.31. The van der Waals surface area contributed by atoms with Gasteiger partial charge in [0.25, 0.3) is 0 Å².